The number of alkyl halides is 1. The molecule has 16 heavy (non-hydrogen) atoms. The molecule has 0 aliphatic rings. The Morgan fingerprint density at radius 2 is 2.00 bits per heavy atom. The second-order valence-electron chi connectivity index (χ2n) is 3.37. The first-order valence-corrected chi connectivity index (χ1v) is 7.76. The van der Waals surface area contributed by atoms with E-state index in [1.807, 2.05) is 0 Å². The molecule has 0 saturated carbocycles. The predicted molar refractivity (Wildman–Crippen MR) is 67.2 cm³/mol. The highest BCUT2D eigenvalue weighted by Gasteiger charge is 2.19. The van der Waals surface area contributed by atoms with Crippen LogP contribution in [-0.4, -0.2) is 20.5 Å². The standard InChI is InChI=1S/C10H10BrClO3S/c1-6(13)7-3-4-9(16(2,14)15)8(5-11)10(7)12/h3-4H,5H2,1-2H3. The summed E-state index contributed by atoms with van der Waals surface area (Å²) in [5.74, 6) is -0.188. The SMILES string of the molecule is CC(=O)c1ccc(S(C)(=O)=O)c(CBr)c1Cl. The second-order valence-corrected chi connectivity index (χ2v) is 6.29. The lowest BCUT2D eigenvalue weighted by Crippen LogP contribution is -2.05. The van der Waals surface area contributed by atoms with E-state index < -0.39 is 9.84 Å². The monoisotopic (exact) mass is 324 g/mol. The zero-order valence-electron chi connectivity index (χ0n) is 8.75. The molecule has 88 valence electrons. The van der Waals surface area contributed by atoms with E-state index >= 15 is 0 Å². The molecule has 0 aromatic heterocycles. The van der Waals surface area contributed by atoms with Crippen molar-refractivity contribution in [2.24, 2.45) is 0 Å². The summed E-state index contributed by atoms with van der Waals surface area (Å²) in [7, 11) is -3.34. The van der Waals surface area contributed by atoms with Gasteiger partial charge in [-0.2, -0.15) is 0 Å². The van der Waals surface area contributed by atoms with Crippen LogP contribution < -0.4 is 0 Å². The lowest BCUT2D eigenvalue weighted by molar-refractivity contribution is 0.101. The molecule has 0 aliphatic heterocycles. The summed E-state index contributed by atoms with van der Waals surface area (Å²) in [4.78, 5) is 11.4. The van der Waals surface area contributed by atoms with Crippen molar-refractivity contribution < 1.29 is 13.2 Å². The van der Waals surface area contributed by atoms with Crippen molar-refractivity contribution in [1.29, 1.82) is 0 Å². The molecule has 0 fully saturated rings. The van der Waals surface area contributed by atoms with Crippen LogP contribution in [0, 0.1) is 0 Å². The summed E-state index contributed by atoms with van der Waals surface area (Å²) < 4.78 is 23.0. The average Bonchev–Trinajstić information content (AvgIpc) is 2.15. The van der Waals surface area contributed by atoms with E-state index in [-0.39, 0.29) is 21.0 Å². The quantitative estimate of drug-likeness (QED) is 0.634. The molecule has 1 aromatic carbocycles. The first kappa shape index (κ1) is 13.7. The Labute approximate surface area is 108 Å². The van der Waals surface area contributed by atoms with Crippen molar-refractivity contribution >= 4 is 43.2 Å². The van der Waals surface area contributed by atoms with Crippen LogP contribution >= 0.6 is 27.5 Å². The lowest BCUT2D eigenvalue weighted by atomic mass is 10.1. The van der Waals surface area contributed by atoms with E-state index in [1.54, 1.807) is 0 Å². The number of carbonyl (C=O) groups is 1. The van der Waals surface area contributed by atoms with Crippen molar-refractivity contribution in [2.45, 2.75) is 17.1 Å². The maximum Gasteiger partial charge on any atom is 0.175 e. The van der Waals surface area contributed by atoms with Gasteiger partial charge < -0.3 is 0 Å². The third kappa shape index (κ3) is 2.64. The lowest BCUT2D eigenvalue weighted by Gasteiger charge is -2.10. The van der Waals surface area contributed by atoms with Crippen LogP contribution in [-0.2, 0) is 15.2 Å². The smallest absolute Gasteiger partial charge is 0.175 e. The van der Waals surface area contributed by atoms with Crippen molar-refractivity contribution in [3.8, 4) is 0 Å². The van der Waals surface area contributed by atoms with Gasteiger partial charge in [0.1, 0.15) is 0 Å². The second kappa shape index (κ2) is 4.85. The zero-order chi connectivity index (χ0) is 12.5. The number of ketones is 1. The van der Waals surface area contributed by atoms with Crippen molar-refractivity contribution in [2.75, 3.05) is 6.26 Å². The van der Waals surface area contributed by atoms with Crippen molar-refractivity contribution in [3.63, 3.8) is 0 Å². The summed E-state index contributed by atoms with van der Waals surface area (Å²) in [5, 5.41) is 0.488. The normalized spacial score (nSPS) is 11.5. The minimum Gasteiger partial charge on any atom is -0.294 e. The molecular weight excluding hydrogens is 316 g/mol. The van der Waals surface area contributed by atoms with Crippen LogP contribution in [0.25, 0.3) is 0 Å². The molecule has 0 heterocycles. The molecule has 0 atom stereocenters. The molecule has 3 nitrogen and oxygen atoms in total. The Hall–Kier alpha value is -0.390. The average molecular weight is 326 g/mol. The molecule has 0 N–H and O–H groups in total. The predicted octanol–water partition coefficient (Wildman–Crippen LogP) is 2.84. The van der Waals surface area contributed by atoms with Gasteiger partial charge in [-0.25, -0.2) is 8.42 Å². The number of Topliss-reactive ketones (excluding diaryl/α,β-unsaturated/α-hetero) is 1. The first-order chi connectivity index (χ1) is 7.29. The molecule has 0 aliphatic carbocycles. The minimum atomic E-state index is -3.34. The highest BCUT2D eigenvalue weighted by atomic mass is 79.9. The summed E-state index contributed by atoms with van der Waals surface area (Å²) in [6, 6.07) is 2.85. The summed E-state index contributed by atoms with van der Waals surface area (Å²) in [5.41, 5.74) is 0.764. The van der Waals surface area contributed by atoms with Crippen molar-refractivity contribution in [3.05, 3.63) is 28.3 Å². The fourth-order valence-electron chi connectivity index (χ4n) is 1.35. The largest absolute Gasteiger partial charge is 0.294 e. The highest BCUT2D eigenvalue weighted by Crippen LogP contribution is 2.29. The molecule has 0 radical (unpaired) electrons. The van der Waals surface area contributed by atoms with Crippen LogP contribution in [0.1, 0.15) is 22.8 Å². The third-order valence-corrected chi connectivity index (χ3v) is 4.29. The molecule has 0 unspecified atom stereocenters. The molecule has 0 spiro atoms. The Kier molecular flexibility index (Phi) is 4.15. The number of carbonyl (C=O) groups excluding carboxylic acids is 1. The molecular formula is C10H10BrClO3S. The number of hydrogen-bond acceptors (Lipinski definition) is 3. The van der Waals surface area contributed by atoms with Gasteiger partial charge >= 0.3 is 0 Å². The summed E-state index contributed by atoms with van der Waals surface area (Å²) in [6.07, 6.45) is 1.11. The van der Waals surface area contributed by atoms with Gasteiger partial charge in [0.05, 0.1) is 9.92 Å². The van der Waals surface area contributed by atoms with Crippen LogP contribution in [0.2, 0.25) is 5.02 Å². The molecule has 0 bridgehead atoms. The summed E-state index contributed by atoms with van der Waals surface area (Å²) >= 11 is 9.17. The zero-order valence-corrected chi connectivity index (χ0v) is 11.9. The van der Waals surface area contributed by atoms with Crippen LogP contribution in [0.15, 0.2) is 17.0 Å². The fourth-order valence-corrected chi connectivity index (χ4v) is 3.63. The van der Waals surface area contributed by atoms with E-state index in [0.29, 0.717) is 11.1 Å². The number of sulfone groups is 1. The topological polar surface area (TPSA) is 51.2 Å². The molecule has 1 aromatic rings. The van der Waals surface area contributed by atoms with E-state index in [1.165, 1.54) is 19.1 Å². The van der Waals surface area contributed by atoms with E-state index in [2.05, 4.69) is 15.9 Å². The highest BCUT2D eigenvalue weighted by molar-refractivity contribution is 9.08. The Bertz CT molecular complexity index is 537. The summed E-state index contributed by atoms with van der Waals surface area (Å²) in [6.45, 7) is 1.39. The van der Waals surface area contributed by atoms with Gasteiger partial charge in [0, 0.05) is 22.7 Å². The minimum absolute atomic E-state index is 0.152. The maximum atomic E-state index is 11.5. The Morgan fingerprint density at radius 3 is 2.38 bits per heavy atom. The fraction of sp³-hybridized carbons (Fsp3) is 0.300. The number of rotatable bonds is 3. The Morgan fingerprint density at radius 1 is 1.44 bits per heavy atom. The van der Waals surface area contributed by atoms with Crippen LogP contribution in [0.4, 0.5) is 0 Å². The van der Waals surface area contributed by atoms with E-state index in [0.717, 1.165) is 6.26 Å². The molecule has 1 rings (SSSR count). The number of benzene rings is 1. The third-order valence-electron chi connectivity index (χ3n) is 2.11. The molecule has 0 amide bonds. The van der Waals surface area contributed by atoms with E-state index in [4.69, 9.17) is 11.6 Å². The van der Waals surface area contributed by atoms with Gasteiger partial charge in [0.15, 0.2) is 15.6 Å². The van der Waals surface area contributed by atoms with Gasteiger partial charge in [0.2, 0.25) is 0 Å². The van der Waals surface area contributed by atoms with Gasteiger partial charge in [-0.1, -0.05) is 27.5 Å². The Balaban J connectivity index is 3.60. The maximum absolute atomic E-state index is 11.5. The van der Waals surface area contributed by atoms with E-state index in [9.17, 15) is 13.2 Å². The van der Waals surface area contributed by atoms with Crippen LogP contribution in [0.5, 0.6) is 0 Å². The number of halogens is 2. The molecule has 6 heteroatoms. The molecule has 0 saturated heterocycles. The van der Waals surface area contributed by atoms with Gasteiger partial charge in [0.25, 0.3) is 0 Å². The van der Waals surface area contributed by atoms with Crippen molar-refractivity contribution in [1.82, 2.24) is 0 Å². The van der Waals surface area contributed by atoms with Gasteiger partial charge in [-0.3, -0.25) is 4.79 Å². The number of hydrogen-bond donors (Lipinski definition) is 0. The van der Waals surface area contributed by atoms with Gasteiger partial charge in [-0.15, -0.1) is 0 Å². The van der Waals surface area contributed by atoms with Gasteiger partial charge in [-0.05, 0) is 19.1 Å². The first-order valence-electron chi connectivity index (χ1n) is 4.37. The van der Waals surface area contributed by atoms with Crippen LogP contribution in [0.3, 0.4) is 0 Å².